The van der Waals surface area contributed by atoms with Crippen molar-refractivity contribution in [2.45, 2.75) is 36.9 Å². The first-order valence-corrected chi connectivity index (χ1v) is 7.45. The summed E-state index contributed by atoms with van der Waals surface area (Å²) in [5.74, 6) is -1.69. The molecule has 8 heteroatoms. The van der Waals surface area contributed by atoms with Crippen LogP contribution in [0.4, 0.5) is 5.69 Å². The summed E-state index contributed by atoms with van der Waals surface area (Å²) in [5.41, 5.74) is 0.583. The van der Waals surface area contributed by atoms with E-state index in [0.717, 1.165) is 0 Å². The van der Waals surface area contributed by atoms with Crippen molar-refractivity contribution in [2.24, 2.45) is 0 Å². The molecular formula is C14H15N2O5S-. The summed E-state index contributed by atoms with van der Waals surface area (Å²) >= 11 is 1.32. The highest BCUT2D eigenvalue weighted by Gasteiger charge is 2.49. The molecule has 0 spiro atoms. The topological polar surface area (TPSA) is 104 Å². The van der Waals surface area contributed by atoms with Crippen LogP contribution < -0.4 is 5.11 Å². The number of non-ortho nitro benzene ring substituents is 1. The first kappa shape index (κ1) is 16.3. The third kappa shape index (κ3) is 2.78. The van der Waals surface area contributed by atoms with Gasteiger partial charge in [0, 0.05) is 23.8 Å². The van der Waals surface area contributed by atoms with Crippen molar-refractivity contribution in [3.05, 3.63) is 39.9 Å². The number of hydrogen-bond donors (Lipinski definition) is 0. The monoisotopic (exact) mass is 323 g/mol. The average molecular weight is 323 g/mol. The first-order valence-electron chi connectivity index (χ1n) is 6.57. The second-order valence-electron chi connectivity index (χ2n) is 5.57. The van der Waals surface area contributed by atoms with Crippen LogP contribution in [0.5, 0.6) is 0 Å². The summed E-state index contributed by atoms with van der Waals surface area (Å²) in [6.45, 7) is 4.77. The number of carboxylic acid groups (broad SMARTS) is 1. The number of rotatable bonds is 3. The highest BCUT2D eigenvalue weighted by molar-refractivity contribution is 8.01. The number of aliphatic carboxylic acids is 1. The van der Waals surface area contributed by atoms with Crippen LogP contribution in [0.25, 0.3) is 0 Å². The van der Waals surface area contributed by atoms with Crippen molar-refractivity contribution >= 4 is 29.3 Å². The summed E-state index contributed by atoms with van der Waals surface area (Å²) in [6, 6.07) is 4.70. The van der Waals surface area contributed by atoms with E-state index >= 15 is 0 Å². The van der Waals surface area contributed by atoms with Crippen LogP contribution in [0, 0.1) is 10.1 Å². The number of carboxylic acids is 1. The maximum Gasteiger partial charge on any atom is 0.269 e. The Hall–Kier alpha value is -2.09. The lowest BCUT2D eigenvalue weighted by molar-refractivity contribution is -0.384. The predicted octanol–water partition coefficient (Wildman–Crippen LogP) is 1.09. The molecule has 0 saturated carbocycles. The van der Waals surface area contributed by atoms with Gasteiger partial charge in [0.2, 0.25) is 5.91 Å². The summed E-state index contributed by atoms with van der Waals surface area (Å²) < 4.78 is -0.725. The van der Waals surface area contributed by atoms with Crippen LogP contribution >= 0.6 is 11.8 Å². The molecule has 7 nitrogen and oxygen atoms in total. The van der Waals surface area contributed by atoms with Crippen molar-refractivity contribution in [2.75, 3.05) is 0 Å². The fourth-order valence-corrected chi connectivity index (χ4v) is 4.20. The average Bonchev–Trinajstić information content (AvgIpc) is 2.70. The second kappa shape index (κ2) is 5.60. The normalized spacial score (nSPS) is 23.3. The van der Waals surface area contributed by atoms with E-state index in [1.165, 1.54) is 35.7 Å². The Labute approximate surface area is 131 Å². The van der Waals surface area contributed by atoms with Gasteiger partial charge in [0.1, 0.15) is 5.37 Å². The van der Waals surface area contributed by atoms with Gasteiger partial charge in [0.25, 0.3) is 5.69 Å². The molecule has 1 amide bonds. The van der Waals surface area contributed by atoms with E-state index in [0.29, 0.717) is 5.56 Å². The minimum atomic E-state index is -1.31. The van der Waals surface area contributed by atoms with Gasteiger partial charge >= 0.3 is 0 Å². The molecule has 1 fully saturated rings. The lowest BCUT2D eigenvalue weighted by Crippen LogP contribution is -2.54. The summed E-state index contributed by atoms with van der Waals surface area (Å²) in [4.78, 5) is 34.8. The van der Waals surface area contributed by atoms with E-state index in [4.69, 9.17) is 0 Å². The van der Waals surface area contributed by atoms with E-state index in [1.54, 1.807) is 26.0 Å². The molecule has 1 aliphatic heterocycles. The quantitative estimate of drug-likeness (QED) is 0.609. The fourth-order valence-electron chi connectivity index (χ4n) is 2.61. The molecule has 0 radical (unpaired) electrons. The maximum atomic E-state index is 11.9. The fraction of sp³-hybridized carbons (Fsp3) is 0.429. The minimum absolute atomic E-state index is 0.0585. The van der Waals surface area contributed by atoms with E-state index in [-0.39, 0.29) is 11.6 Å². The number of nitrogens with zero attached hydrogens (tertiary/aromatic N) is 2. The number of hydrogen-bond acceptors (Lipinski definition) is 6. The first-order chi connectivity index (χ1) is 10.1. The van der Waals surface area contributed by atoms with Gasteiger partial charge in [-0.3, -0.25) is 14.9 Å². The van der Waals surface area contributed by atoms with Gasteiger partial charge < -0.3 is 14.8 Å². The van der Waals surface area contributed by atoms with E-state index in [1.807, 2.05) is 0 Å². The summed E-state index contributed by atoms with van der Waals surface area (Å²) in [7, 11) is 0. The van der Waals surface area contributed by atoms with Crippen molar-refractivity contribution in [1.29, 1.82) is 0 Å². The van der Waals surface area contributed by atoms with Crippen LogP contribution in [-0.2, 0) is 9.59 Å². The van der Waals surface area contributed by atoms with Crippen LogP contribution in [0.3, 0.4) is 0 Å². The zero-order valence-electron chi connectivity index (χ0n) is 12.3. The molecule has 2 rings (SSSR count). The Bertz CT molecular complexity index is 629. The maximum absolute atomic E-state index is 11.9. The van der Waals surface area contributed by atoms with Gasteiger partial charge in [-0.25, -0.2) is 0 Å². The van der Waals surface area contributed by atoms with E-state index in [9.17, 15) is 24.8 Å². The smallest absolute Gasteiger partial charge is 0.269 e. The number of carbonyl (C=O) groups is 2. The van der Waals surface area contributed by atoms with E-state index in [2.05, 4.69) is 0 Å². The van der Waals surface area contributed by atoms with E-state index < -0.39 is 27.1 Å². The number of nitro benzene ring substituents is 1. The molecule has 22 heavy (non-hydrogen) atoms. The van der Waals surface area contributed by atoms with Crippen molar-refractivity contribution < 1.29 is 19.6 Å². The molecule has 1 heterocycles. The molecule has 0 aliphatic carbocycles. The summed E-state index contributed by atoms with van der Waals surface area (Å²) in [5, 5.41) is 21.6. The molecule has 0 bridgehead atoms. The minimum Gasteiger partial charge on any atom is -0.548 e. The molecule has 1 aliphatic rings. The molecular weight excluding hydrogens is 308 g/mol. The Morgan fingerprint density at radius 1 is 1.27 bits per heavy atom. The lowest BCUT2D eigenvalue weighted by atomic mass is 10.0. The predicted molar refractivity (Wildman–Crippen MR) is 78.8 cm³/mol. The van der Waals surface area contributed by atoms with Crippen molar-refractivity contribution in [3.63, 3.8) is 0 Å². The number of benzene rings is 1. The molecule has 0 unspecified atom stereocenters. The van der Waals surface area contributed by atoms with Crippen LogP contribution in [0.15, 0.2) is 24.3 Å². The Morgan fingerprint density at radius 3 is 2.23 bits per heavy atom. The lowest BCUT2D eigenvalue weighted by Gasteiger charge is -2.32. The third-order valence-electron chi connectivity index (χ3n) is 3.58. The van der Waals surface area contributed by atoms with Gasteiger partial charge in [-0.05, 0) is 31.5 Å². The second-order valence-corrected chi connectivity index (χ2v) is 7.30. The van der Waals surface area contributed by atoms with Crippen LogP contribution in [0.2, 0.25) is 0 Å². The van der Waals surface area contributed by atoms with Crippen LogP contribution in [0.1, 0.15) is 31.7 Å². The molecule has 2 atom stereocenters. The SMILES string of the molecule is CC(=O)N1[C@@H](C(=O)[O-])C(C)(C)S[C@H]1c1ccc([N+](=O)[O-])cc1. The molecule has 1 saturated heterocycles. The van der Waals surface area contributed by atoms with Gasteiger partial charge in [-0.15, -0.1) is 11.8 Å². The third-order valence-corrected chi connectivity index (χ3v) is 5.13. The zero-order valence-corrected chi connectivity index (χ0v) is 13.1. The highest BCUT2D eigenvalue weighted by atomic mass is 32.2. The van der Waals surface area contributed by atoms with Gasteiger partial charge in [-0.1, -0.05) is 0 Å². The van der Waals surface area contributed by atoms with Crippen LogP contribution in [-0.4, -0.2) is 32.5 Å². The molecule has 118 valence electrons. The molecule has 1 aromatic carbocycles. The zero-order chi connectivity index (χ0) is 16.7. The summed E-state index contributed by atoms with van der Waals surface area (Å²) in [6.07, 6.45) is 0. The number of nitro groups is 1. The number of thioether (sulfide) groups is 1. The highest BCUT2D eigenvalue weighted by Crippen LogP contribution is 2.52. The van der Waals surface area contributed by atoms with Crippen molar-refractivity contribution in [3.8, 4) is 0 Å². The largest absolute Gasteiger partial charge is 0.548 e. The Balaban J connectivity index is 2.43. The number of amides is 1. The number of carbonyl (C=O) groups excluding carboxylic acids is 2. The Kier molecular flexibility index (Phi) is 4.15. The molecule has 1 aromatic rings. The molecule has 0 aromatic heterocycles. The molecule has 0 N–H and O–H groups in total. The van der Waals surface area contributed by atoms with Crippen molar-refractivity contribution in [1.82, 2.24) is 4.90 Å². The standard InChI is InChI=1S/C14H16N2O5S/c1-8(17)15-11(13(18)19)14(2,3)22-12(15)9-4-6-10(7-5-9)16(20)21/h4-7,11-12H,1-3H3,(H,18,19)/p-1/t11-,12-/m0/s1. The Morgan fingerprint density at radius 2 is 1.82 bits per heavy atom. The van der Waals surface area contributed by atoms with Gasteiger partial charge in [-0.2, -0.15) is 0 Å². The van der Waals surface area contributed by atoms with Gasteiger partial charge in [0.15, 0.2) is 0 Å². The van der Waals surface area contributed by atoms with Gasteiger partial charge in [0.05, 0.1) is 16.9 Å².